The highest BCUT2D eigenvalue weighted by molar-refractivity contribution is 6.39. The molecule has 0 fully saturated rings. The summed E-state index contributed by atoms with van der Waals surface area (Å²) in [6.45, 7) is 1.20. The summed E-state index contributed by atoms with van der Waals surface area (Å²) in [5, 5.41) is 4.61. The van der Waals surface area contributed by atoms with Gasteiger partial charge in [0.1, 0.15) is 5.69 Å². The number of nitrogens with zero attached hydrogens (tertiary/aromatic N) is 1. The minimum Gasteiger partial charge on any atom is -0.373 e. The number of carbonyl (C=O) groups is 1. The smallest absolute Gasteiger partial charge is 0.269 e. The Morgan fingerprint density at radius 3 is 2.67 bits per heavy atom. The number of fused-ring (bicyclic) bond motifs is 1. The van der Waals surface area contributed by atoms with E-state index in [1.807, 2.05) is 43.4 Å². The second-order valence-corrected chi connectivity index (χ2v) is 6.33. The van der Waals surface area contributed by atoms with Gasteiger partial charge in [-0.2, -0.15) is 0 Å². The second-order valence-electron chi connectivity index (χ2n) is 5.52. The number of aromatic amines is 1. The fourth-order valence-electron chi connectivity index (χ4n) is 2.52. The minimum absolute atomic E-state index is 0.228. The van der Waals surface area contributed by atoms with Crippen LogP contribution < -0.4 is 10.2 Å². The normalized spacial score (nSPS) is 10.8. The van der Waals surface area contributed by atoms with E-state index in [2.05, 4.69) is 15.2 Å². The van der Waals surface area contributed by atoms with Gasteiger partial charge in [0.25, 0.3) is 5.91 Å². The maximum absolute atomic E-state index is 12.4. The Bertz CT molecular complexity index is 861. The van der Waals surface area contributed by atoms with Gasteiger partial charge in [0.05, 0.1) is 5.02 Å². The Morgan fingerprint density at radius 2 is 1.92 bits per heavy atom. The van der Waals surface area contributed by atoms with Crippen molar-refractivity contribution in [2.45, 2.75) is 0 Å². The van der Waals surface area contributed by atoms with Gasteiger partial charge in [0, 0.05) is 41.8 Å². The van der Waals surface area contributed by atoms with Gasteiger partial charge < -0.3 is 15.2 Å². The number of carbonyl (C=O) groups excluding carboxylic acids is 1. The van der Waals surface area contributed by atoms with E-state index in [9.17, 15) is 4.79 Å². The lowest BCUT2D eigenvalue weighted by molar-refractivity contribution is 0.0951. The third-order valence-electron chi connectivity index (χ3n) is 3.85. The molecule has 0 radical (unpaired) electrons. The van der Waals surface area contributed by atoms with Crippen LogP contribution in [0.3, 0.4) is 0 Å². The highest BCUT2D eigenvalue weighted by atomic mass is 35.5. The van der Waals surface area contributed by atoms with E-state index >= 15 is 0 Å². The third kappa shape index (κ3) is 3.50. The summed E-state index contributed by atoms with van der Waals surface area (Å²) in [6.07, 6.45) is 0. The molecule has 1 heterocycles. The van der Waals surface area contributed by atoms with Crippen LogP contribution >= 0.6 is 23.2 Å². The van der Waals surface area contributed by atoms with Crippen molar-refractivity contribution in [2.24, 2.45) is 0 Å². The van der Waals surface area contributed by atoms with Crippen molar-refractivity contribution in [1.82, 2.24) is 10.3 Å². The van der Waals surface area contributed by atoms with Gasteiger partial charge in [0.15, 0.2) is 0 Å². The van der Waals surface area contributed by atoms with Crippen LogP contribution in [-0.2, 0) is 0 Å². The molecule has 0 saturated carbocycles. The van der Waals surface area contributed by atoms with E-state index in [4.69, 9.17) is 23.2 Å². The molecule has 0 aliphatic carbocycles. The molecule has 1 aromatic heterocycles. The predicted octanol–water partition coefficient (Wildman–Crippen LogP) is 4.34. The SMILES string of the molecule is CN(CCNC(=O)c1[nH]c2ccc(Cl)cc2c1Cl)c1ccccc1. The average Bonchev–Trinajstić information content (AvgIpc) is 2.92. The van der Waals surface area contributed by atoms with Gasteiger partial charge in [-0.05, 0) is 30.3 Å². The third-order valence-corrected chi connectivity index (χ3v) is 4.48. The van der Waals surface area contributed by atoms with Crippen molar-refractivity contribution >= 4 is 45.7 Å². The van der Waals surface area contributed by atoms with Crippen molar-refractivity contribution < 1.29 is 4.79 Å². The summed E-state index contributed by atoms with van der Waals surface area (Å²) in [4.78, 5) is 17.5. The molecular formula is C18H17Cl2N3O. The fourth-order valence-corrected chi connectivity index (χ4v) is 2.99. The van der Waals surface area contributed by atoms with Crippen LogP contribution in [0.4, 0.5) is 5.69 Å². The molecule has 0 aliphatic heterocycles. The summed E-state index contributed by atoms with van der Waals surface area (Å²) in [6, 6.07) is 15.3. The van der Waals surface area contributed by atoms with Crippen LogP contribution in [0.1, 0.15) is 10.5 Å². The molecule has 0 saturated heterocycles. The summed E-state index contributed by atoms with van der Waals surface area (Å²) in [5.74, 6) is -0.228. The molecule has 0 aliphatic rings. The van der Waals surface area contributed by atoms with E-state index in [1.54, 1.807) is 12.1 Å². The number of para-hydroxylation sites is 1. The number of rotatable bonds is 5. The van der Waals surface area contributed by atoms with Gasteiger partial charge >= 0.3 is 0 Å². The molecule has 24 heavy (non-hydrogen) atoms. The first-order valence-electron chi connectivity index (χ1n) is 7.57. The molecule has 3 rings (SSSR count). The molecule has 6 heteroatoms. The Hall–Kier alpha value is -2.17. The van der Waals surface area contributed by atoms with Crippen LogP contribution in [-0.4, -0.2) is 31.0 Å². The van der Waals surface area contributed by atoms with Crippen molar-refractivity contribution in [3.63, 3.8) is 0 Å². The van der Waals surface area contributed by atoms with Crippen molar-refractivity contribution in [2.75, 3.05) is 25.0 Å². The summed E-state index contributed by atoms with van der Waals surface area (Å²) >= 11 is 12.3. The molecule has 0 atom stereocenters. The van der Waals surface area contributed by atoms with E-state index in [1.165, 1.54) is 0 Å². The first-order chi connectivity index (χ1) is 11.6. The minimum atomic E-state index is -0.228. The summed E-state index contributed by atoms with van der Waals surface area (Å²) < 4.78 is 0. The monoisotopic (exact) mass is 361 g/mol. The Kier molecular flexibility index (Phi) is 4.97. The van der Waals surface area contributed by atoms with E-state index in [-0.39, 0.29) is 5.91 Å². The van der Waals surface area contributed by atoms with Gasteiger partial charge in [-0.25, -0.2) is 0 Å². The highest BCUT2D eigenvalue weighted by Gasteiger charge is 2.16. The second kappa shape index (κ2) is 7.16. The fraction of sp³-hybridized carbons (Fsp3) is 0.167. The number of likely N-dealkylation sites (N-methyl/N-ethyl adjacent to an activating group) is 1. The van der Waals surface area contributed by atoms with Crippen LogP contribution in [0, 0.1) is 0 Å². The maximum Gasteiger partial charge on any atom is 0.269 e. The standard InChI is InChI=1S/C18H17Cl2N3O/c1-23(13-5-3-2-4-6-13)10-9-21-18(24)17-16(20)14-11-12(19)7-8-15(14)22-17/h2-8,11,22H,9-10H2,1H3,(H,21,24). The van der Waals surface area contributed by atoms with Crippen molar-refractivity contribution in [3.8, 4) is 0 Å². The lowest BCUT2D eigenvalue weighted by atomic mass is 10.2. The number of amides is 1. The molecule has 124 valence electrons. The van der Waals surface area contributed by atoms with Crippen molar-refractivity contribution in [1.29, 1.82) is 0 Å². The lowest BCUT2D eigenvalue weighted by Crippen LogP contribution is -2.33. The van der Waals surface area contributed by atoms with Crippen LogP contribution in [0.5, 0.6) is 0 Å². The van der Waals surface area contributed by atoms with E-state index in [0.717, 1.165) is 16.6 Å². The molecule has 0 spiro atoms. The zero-order chi connectivity index (χ0) is 17.1. The number of halogens is 2. The Balaban J connectivity index is 1.64. The molecule has 0 unspecified atom stereocenters. The Morgan fingerprint density at radius 1 is 1.17 bits per heavy atom. The number of hydrogen-bond donors (Lipinski definition) is 2. The maximum atomic E-state index is 12.4. The molecule has 3 aromatic rings. The first-order valence-corrected chi connectivity index (χ1v) is 8.33. The topological polar surface area (TPSA) is 48.1 Å². The molecule has 1 amide bonds. The van der Waals surface area contributed by atoms with Gasteiger partial charge in [0.2, 0.25) is 0 Å². The van der Waals surface area contributed by atoms with Crippen LogP contribution in [0.2, 0.25) is 10.0 Å². The number of nitrogens with one attached hydrogen (secondary N) is 2. The van der Waals surface area contributed by atoms with E-state index in [0.29, 0.717) is 28.8 Å². The van der Waals surface area contributed by atoms with Gasteiger partial charge in [-0.3, -0.25) is 4.79 Å². The van der Waals surface area contributed by atoms with E-state index < -0.39 is 0 Å². The number of hydrogen-bond acceptors (Lipinski definition) is 2. The number of benzene rings is 2. The average molecular weight is 362 g/mol. The number of anilines is 1. The lowest BCUT2D eigenvalue weighted by Gasteiger charge is -2.19. The number of H-pyrrole nitrogens is 1. The quantitative estimate of drug-likeness (QED) is 0.709. The summed E-state index contributed by atoms with van der Waals surface area (Å²) in [5.41, 5.74) is 2.25. The van der Waals surface area contributed by atoms with Gasteiger partial charge in [-0.15, -0.1) is 0 Å². The first kappa shape index (κ1) is 16.7. The zero-order valence-corrected chi connectivity index (χ0v) is 14.7. The van der Waals surface area contributed by atoms with Gasteiger partial charge in [-0.1, -0.05) is 41.4 Å². The zero-order valence-electron chi connectivity index (χ0n) is 13.1. The van der Waals surface area contributed by atoms with Crippen molar-refractivity contribution in [3.05, 3.63) is 64.3 Å². The molecule has 0 bridgehead atoms. The summed E-state index contributed by atoms with van der Waals surface area (Å²) in [7, 11) is 1.99. The van der Waals surface area contributed by atoms with Crippen LogP contribution in [0.25, 0.3) is 10.9 Å². The predicted molar refractivity (Wildman–Crippen MR) is 100 cm³/mol. The molecular weight excluding hydrogens is 345 g/mol. The molecule has 2 N–H and O–H groups in total. The molecule has 4 nitrogen and oxygen atoms in total. The number of aromatic nitrogens is 1. The Labute approximate surface area is 150 Å². The van der Waals surface area contributed by atoms with Crippen LogP contribution in [0.15, 0.2) is 48.5 Å². The highest BCUT2D eigenvalue weighted by Crippen LogP contribution is 2.29. The largest absolute Gasteiger partial charge is 0.373 e. The molecule has 2 aromatic carbocycles.